The molecule has 0 aliphatic heterocycles. The van der Waals surface area contributed by atoms with E-state index in [1.54, 1.807) is 23.9 Å². The van der Waals surface area contributed by atoms with Crippen LogP contribution in [0.3, 0.4) is 0 Å². The predicted octanol–water partition coefficient (Wildman–Crippen LogP) is 1.61. The highest BCUT2D eigenvalue weighted by Gasteiger charge is 2.14. The molecule has 1 heterocycles. The Bertz CT molecular complexity index is 697. The lowest BCUT2D eigenvalue weighted by Crippen LogP contribution is -2.29. The smallest absolute Gasteiger partial charge is 0.319 e. The fourth-order valence-corrected chi connectivity index (χ4v) is 1.93. The lowest BCUT2D eigenvalue weighted by atomic mass is 10.1. The second-order valence-electron chi connectivity index (χ2n) is 4.56. The summed E-state index contributed by atoms with van der Waals surface area (Å²) in [4.78, 5) is 26.3. The van der Waals surface area contributed by atoms with Crippen LogP contribution in [0.2, 0.25) is 0 Å². The second kappa shape index (κ2) is 6.66. The summed E-state index contributed by atoms with van der Waals surface area (Å²) in [7, 11) is 1.72. The van der Waals surface area contributed by atoms with E-state index >= 15 is 0 Å². The number of urea groups is 1. The molecule has 9 heteroatoms. The number of anilines is 1. The first-order chi connectivity index (χ1) is 10.5. The van der Waals surface area contributed by atoms with Crippen molar-refractivity contribution in [1.29, 1.82) is 0 Å². The molecule has 0 saturated carbocycles. The number of hydrogen-bond acceptors (Lipinski definition) is 5. The van der Waals surface area contributed by atoms with Crippen molar-refractivity contribution >= 4 is 17.4 Å². The number of rotatable bonds is 5. The van der Waals surface area contributed by atoms with Crippen molar-refractivity contribution in [3.05, 3.63) is 46.0 Å². The van der Waals surface area contributed by atoms with Gasteiger partial charge in [0.05, 0.1) is 11.5 Å². The van der Waals surface area contributed by atoms with Crippen LogP contribution in [-0.4, -0.2) is 25.7 Å². The number of nitrogens with one attached hydrogen (secondary N) is 2. The summed E-state index contributed by atoms with van der Waals surface area (Å²) in [5.41, 5.74) is 0.975. The van der Waals surface area contributed by atoms with Crippen molar-refractivity contribution in [1.82, 2.24) is 20.1 Å². The molecule has 9 nitrogen and oxygen atoms in total. The fourth-order valence-electron chi connectivity index (χ4n) is 1.93. The summed E-state index contributed by atoms with van der Waals surface area (Å²) in [6.07, 6.45) is 1.94. The van der Waals surface area contributed by atoms with Gasteiger partial charge in [-0.2, -0.15) is 5.10 Å². The van der Waals surface area contributed by atoms with Gasteiger partial charge < -0.3 is 10.6 Å². The predicted molar refractivity (Wildman–Crippen MR) is 79.3 cm³/mol. The van der Waals surface area contributed by atoms with Gasteiger partial charge in [0, 0.05) is 24.4 Å². The summed E-state index contributed by atoms with van der Waals surface area (Å²) < 4.78 is 1.54. The van der Waals surface area contributed by atoms with Crippen LogP contribution in [0.4, 0.5) is 16.2 Å². The molecule has 0 aliphatic rings. The summed E-state index contributed by atoms with van der Waals surface area (Å²) in [6, 6.07) is 4.15. The molecule has 2 aromatic rings. The number of carbonyl (C=O) groups excluding carboxylic acids is 1. The van der Waals surface area contributed by atoms with Gasteiger partial charge in [0.2, 0.25) is 0 Å². The zero-order chi connectivity index (χ0) is 16.1. The Kier molecular flexibility index (Phi) is 4.66. The molecule has 2 amide bonds. The Morgan fingerprint density at radius 3 is 2.82 bits per heavy atom. The van der Waals surface area contributed by atoms with E-state index in [9.17, 15) is 14.9 Å². The molecule has 0 unspecified atom stereocenters. The first kappa shape index (κ1) is 15.4. The molecular weight excluding hydrogens is 288 g/mol. The van der Waals surface area contributed by atoms with E-state index in [4.69, 9.17) is 0 Å². The maximum atomic E-state index is 11.8. The van der Waals surface area contributed by atoms with E-state index in [0.717, 1.165) is 0 Å². The fraction of sp³-hybridized carbons (Fsp3) is 0.308. The molecule has 0 saturated heterocycles. The SMILES string of the molecule is CCc1ccc(NC(=O)NCc2ncnn2C)cc1[N+](=O)[O-]. The number of benzene rings is 1. The molecular formula is C13H16N6O3. The van der Waals surface area contributed by atoms with Crippen LogP contribution in [0.1, 0.15) is 18.3 Å². The van der Waals surface area contributed by atoms with Crippen molar-refractivity contribution < 1.29 is 9.72 Å². The highest BCUT2D eigenvalue weighted by Crippen LogP contribution is 2.23. The van der Waals surface area contributed by atoms with Crippen LogP contribution in [0, 0.1) is 10.1 Å². The Labute approximate surface area is 126 Å². The minimum atomic E-state index is -0.471. The monoisotopic (exact) mass is 304 g/mol. The molecule has 0 bridgehead atoms. The van der Waals surface area contributed by atoms with Crippen molar-refractivity contribution in [2.45, 2.75) is 19.9 Å². The van der Waals surface area contributed by atoms with Gasteiger partial charge >= 0.3 is 6.03 Å². The zero-order valence-electron chi connectivity index (χ0n) is 12.2. The van der Waals surface area contributed by atoms with Gasteiger partial charge in [-0.05, 0) is 12.5 Å². The normalized spacial score (nSPS) is 10.3. The van der Waals surface area contributed by atoms with E-state index < -0.39 is 11.0 Å². The Morgan fingerprint density at radius 1 is 1.45 bits per heavy atom. The molecule has 0 radical (unpaired) electrons. The highest BCUT2D eigenvalue weighted by atomic mass is 16.6. The third-order valence-electron chi connectivity index (χ3n) is 3.13. The average Bonchev–Trinajstić information content (AvgIpc) is 2.90. The number of nitrogens with zero attached hydrogens (tertiary/aromatic N) is 4. The third-order valence-corrected chi connectivity index (χ3v) is 3.13. The number of aromatic nitrogens is 3. The van der Waals surface area contributed by atoms with E-state index in [1.165, 1.54) is 12.4 Å². The average molecular weight is 304 g/mol. The minimum absolute atomic E-state index is 0.00592. The maximum Gasteiger partial charge on any atom is 0.319 e. The largest absolute Gasteiger partial charge is 0.331 e. The van der Waals surface area contributed by atoms with Gasteiger partial charge in [-0.15, -0.1) is 0 Å². The lowest BCUT2D eigenvalue weighted by molar-refractivity contribution is -0.385. The van der Waals surface area contributed by atoms with Gasteiger partial charge in [0.15, 0.2) is 0 Å². The van der Waals surface area contributed by atoms with Gasteiger partial charge in [0.1, 0.15) is 12.2 Å². The number of nitro benzene ring substituents is 1. The highest BCUT2D eigenvalue weighted by molar-refractivity contribution is 5.89. The number of carbonyl (C=O) groups is 1. The van der Waals surface area contributed by atoms with Gasteiger partial charge in [-0.3, -0.25) is 14.8 Å². The van der Waals surface area contributed by atoms with Crippen molar-refractivity contribution in [3.8, 4) is 0 Å². The van der Waals surface area contributed by atoms with E-state index in [1.807, 2.05) is 6.92 Å². The summed E-state index contributed by atoms with van der Waals surface area (Å²) in [5, 5.41) is 20.1. The number of nitro groups is 1. The Hall–Kier alpha value is -2.97. The molecule has 0 atom stereocenters. The van der Waals surface area contributed by atoms with Crippen LogP contribution in [0.25, 0.3) is 0 Å². The van der Waals surface area contributed by atoms with Gasteiger partial charge in [-0.1, -0.05) is 13.0 Å². The Balaban J connectivity index is 2.01. The van der Waals surface area contributed by atoms with Crippen LogP contribution in [-0.2, 0) is 20.0 Å². The van der Waals surface area contributed by atoms with Crippen molar-refractivity contribution in [3.63, 3.8) is 0 Å². The maximum absolute atomic E-state index is 11.8. The van der Waals surface area contributed by atoms with Gasteiger partial charge in [-0.25, -0.2) is 9.78 Å². The minimum Gasteiger partial charge on any atom is -0.331 e. The molecule has 0 fully saturated rings. The van der Waals surface area contributed by atoms with Crippen LogP contribution in [0.5, 0.6) is 0 Å². The van der Waals surface area contributed by atoms with E-state index in [-0.39, 0.29) is 12.2 Å². The molecule has 0 aliphatic carbocycles. The molecule has 1 aromatic carbocycles. The van der Waals surface area contributed by atoms with E-state index in [2.05, 4.69) is 20.7 Å². The van der Waals surface area contributed by atoms with Crippen molar-refractivity contribution in [2.75, 3.05) is 5.32 Å². The quantitative estimate of drug-likeness (QED) is 0.643. The van der Waals surface area contributed by atoms with Crippen LogP contribution < -0.4 is 10.6 Å². The molecule has 1 aromatic heterocycles. The number of hydrogen-bond donors (Lipinski definition) is 2. The zero-order valence-corrected chi connectivity index (χ0v) is 12.2. The molecule has 22 heavy (non-hydrogen) atoms. The standard InChI is InChI=1S/C13H16N6O3/c1-3-9-4-5-10(6-11(9)19(21)22)17-13(20)14-7-12-15-8-16-18(12)2/h4-6,8H,3,7H2,1-2H3,(H2,14,17,20). The molecule has 2 N–H and O–H groups in total. The molecule has 0 spiro atoms. The lowest BCUT2D eigenvalue weighted by Gasteiger charge is -2.08. The number of amides is 2. The summed E-state index contributed by atoms with van der Waals surface area (Å²) >= 11 is 0. The van der Waals surface area contributed by atoms with Crippen molar-refractivity contribution in [2.24, 2.45) is 7.05 Å². The Morgan fingerprint density at radius 2 is 2.23 bits per heavy atom. The second-order valence-corrected chi connectivity index (χ2v) is 4.56. The third kappa shape index (κ3) is 3.57. The summed E-state index contributed by atoms with van der Waals surface area (Å²) in [5.74, 6) is 0.600. The number of aryl methyl sites for hydroxylation is 2. The molecule has 116 valence electrons. The first-order valence-electron chi connectivity index (χ1n) is 6.66. The van der Waals surface area contributed by atoms with Crippen LogP contribution in [0.15, 0.2) is 24.5 Å². The summed E-state index contributed by atoms with van der Waals surface area (Å²) in [6.45, 7) is 2.04. The van der Waals surface area contributed by atoms with Crippen LogP contribution >= 0.6 is 0 Å². The van der Waals surface area contributed by atoms with E-state index in [0.29, 0.717) is 23.5 Å². The topological polar surface area (TPSA) is 115 Å². The van der Waals surface area contributed by atoms with Gasteiger partial charge in [0.25, 0.3) is 5.69 Å². The first-order valence-corrected chi connectivity index (χ1v) is 6.66. The molecule has 2 rings (SSSR count).